The molecule has 0 bridgehead atoms. The molecule has 0 unspecified atom stereocenters. The van der Waals surface area contributed by atoms with Crippen LogP contribution >= 0.6 is 0 Å². The third kappa shape index (κ3) is 2.56. The Morgan fingerprint density at radius 2 is 2.00 bits per heavy atom. The lowest BCUT2D eigenvalue weighted by atomic mass is 9.88. The van der Waals surface area contributed by atoms with Gasteiger partial charge in [-0.2, -0.15) is 0 Å². The standard InChI is InChI=1S/C14H21NO/c1-3-11-7-5-6-8-14(11)15-12-9-13(10-12)16-4-2/h5-8,12-13,15H,3-4,9-10H2,1-2H3. The van der Waals surface area contributed by atoms with E-state index in [2.05, 4.69) is 43.4 Å². The molecule has 1 aliphatic rings. The number of hydrogen-bond donors (Lipinski definition) is 1. The number of benzene rings is 1. The van der Waals surface area contributed by atoms with Crippen LogP contribution in [0.15, 0.2) is 24.3 Å². The zero-order valence-electron chi connectivity index (χ0n) is 10.2. The molecule has 0 saturated heterocycles. The Bertz CT molecular complexity index is 331. The van der Waals surface area contributed by atoms with Gasteiger partial charge in [0, 0.05) is 18.3 Å². The highest BCUT2D eigenvalue weighted by atomic mass is 16.5. The van der Waals surface area contributed by atoms with Gasteiger partial charge in [0.1, 0.15) is 0 Å². The van der Waals surface area contributed by atoms with Crippen LogP contribution in [0.4, 0.5) is 5.69 Å². The Morgan fingerprint density at radius 3 is 2.69 bits per heavy atom. The van der Waals surface area contributed by atoms with E-state index >= 15 is 0 Å². The van der Waals surface area contributed by atoms with Crippen LogP contribution in [0.2, 0.25) is 0 Å². The van der Waals surface area contributed by atoms with E-state index in [1.165, 1.54) is 11.3 Å². The topological polar surface area (TPSA) is 21.3 Å². The number of ether oxygens (including phenoxy) is 1. The summed E-state index contributed by atoms with van der Waals surface area (Å²) >= 11 is 0. The van der Waals surface area contributed by atoms with Crippen LogP contribution in [-0.2, 0) is 11.2 Å². The van der Waals surface area contributed by atoms with E-state index in [0.717, 1.165) is 25.9 Å². The fourth-order valence-corrected chi connectivity index (χ4v) is 2.24. The predicted molar refractivity (Wildman–Crippen MR) is 67.9 cm³/mol. The lowest BCUT2D eigenvalue weighted by Gasteiger charge is -2.36. The Hall–Kier alpha value is -1.02. The summed E-state index contributed by atoms with van der Waals surface area (Å²) in [4.78, 5) is 0. The zero-order valence-corrected chi connectivity index (χ0v) is 10.2. The normalized spacial score (nSPS) is 23.9. The molecule has 16 heavy (non-hydrogen) atoms. The molecule has 1 fully saturated rings. The average Bonchev–Trinajstić information content (AvgIpc) is 2.27. The number of anilines is 1. The van der Waals surface area contributed by atoms with Crippen molar-refractivity contribution in [2.24, 2.45) is 0 Å². The smallest absolute Gasteiger partial charge is 0.0614 e. The maximum atomic E-state index is 5.56. The molecule has 0 aromatic heterocycles. The SMILES string of the molecule is CCOC1CC(Nc2ccccc2CC)C1. The average molecular weight is 219 g/mol. The van der Waals surface area contributed by atoms with Crippen molar-refractivity contribution in [2.45, 2.75) is 45.3 Å². The van der Waals surface area contributed by atoms with Gasteiger partial charge in [0.05, 0.1) is 6.10 Å². The Labute approximate surface area is 98.0 Å². The fourth-order valence-electron chi connectivity index (χ4n) is 2.24. The van der Waals surface area contributed by atoms with Crippen molar-refractivity contribution in [3.63, 3.8) is 0 Å². The monoisotopic (exact) mass is 219 g/mol. The maximum Gasteiger partial charge on any atom is 0.0614 e. The molecule has 0 radical (unpaired) electrons. The molecule has 0 spiro atoms. The zero-order chi connectivity index (χ0) is 11.4. The van der Waals surface area contributed by atoms with Crippen molar-refractivity contribution < 1.29 is 4.74 Å². The van der Waals surface area contributed by atoms with Crippen LogP contribution in [0.3, 0.4) is 0 Å². The van der Waals surface area contributed by atoms with Crippen LogP contribution in [-0.4, -0.2) is 18.8 Å². The second kappa shape index (κ2) is 5.35. The number of para-hydroxylation sites is 1. The van der Waals surface area contributed by atoms with E-state index in [0.29, 0.717) is 12.1 Å². The van der Waals surface area contributed by atoms with Crippen LogP contribution < -0.4 is 5.32 Å². The van der Waals surface area contributed by atoms with E-state index in [1.54, 1.807) is 0 Å². The molecular weight excluding hydrogens is 198 g/mol. The molecule has 2 nitrogen and oxygen atoms in total. The van der Waals surface area contributed by atoms with Gasteiger partial charge < -0.3 is 10.1 Å². The molecule has 2 rings (SSSR count). The minimum absolute atomic E-state index is 0.483. The Morgan fingerprint density at radius 1 is 1.25 bits per heavy atom. The van der Waals surface area contributed by atoms with Crippen LogP contribution in [0, 0.1) is 0 Å². The fraction of sp³-hybridized carbons (Fsp3) is 0.571. The predicted octanol–water partition coefficient (Wildman–Crippen LogP) is 3.23. The number of aryl methyl sites for hydroxylation is 1. The largest absolute Gasteiger partial charge is 0.382 e. The van der Waals surface area contributed by atoms with Crippen molar-refractivity contribution in [1.82, 2.24) is 0 Å². The molecule has 0 aliphatic heterocycles. The third-order valence-corrected chi connectivity index (χ3v) is 3.26. The first-order valence-electron chi connectivity index (χ1n) is 6.29. The maximum absolute atomic E-state index is 5.56. The molecule has 1 aliphatic carbocycles. The highest BCUT2D eigenvalue weighted by molar-refractivity contribution is 5.52. The van der Waals surface area contributed by atoms with E-state index in [1.807, 2.05) is 0 Å². The summed E-state index contributed by atoms with van der Waals surface area (Å²) in [6, 6.07) is 9.17. The summed E-state index contributed by atoms with van der Waals surface area (Å²) in [6.45, 7) is 5.10. The van der Waals surface area contributed by atoms with Crippen molar-refractivity contribution in [2.75, 3.05) is 11.9 Å². The van der Waals surface area contributed by atoms with Crippen molar-refractivity contribution in [3.8, 4) is 0 Å². The number of rotatable bonds is 5. The number of nitrogens with one attached hydrogen (secondary N) is 1. The van der Waals surface area contributed by atoms with Gasteiger partial charge in [-0.15, -0.1) is 0 Å². The van der Waals surface area contributed by atoms with Gasteiger partial charge in [0.2, 0.25) is 0 Å². The number of hydrogen-bond acceptors (Lipinski definition) is 2. The lowest BCUT2D eigenvalue weighted by Crippen LogP contribution is -2.41. The molecule has 1 aromatic carbocycles. The summed E-state index contributed by atoms with van der Waals surface area (Å²) in [5.41, 5.74) is 2.70. The summed E-state index contributed by atoms with van der Waals surface area (Å²) in [5, 5.41) is 3.61. The quantitative estimate of drug-likeness (QED) is 0.821. The van der Waals surface area contributed by atoms with Crippen molar-refractivity contribution >= 4 is 5.69 Å². The second-order valence-electron chi connectivity index (χ2n) is 4.40. The summed E-state index contributed by atoms with van der Waals surface area (Å²) < 4.78 is 5.56. The van der Waals surface area contributed by atoms with Crippen molar-refractivity contribution in [1.29, 1.82) is 0 Å². The summed E-state index contributed by atoms with van der Waals surface area (Å²) in [6.07, 6.45) is 3.86. The van der Waals surface area contributed by atoms with Crippen LogP contribution in [0.25, 0.3) is 0 Å². The second-order valence-corrected chi connectivity index (χ2v) is 4.40. The highest BCUT2D eigenvalue weighted by Crippen LogP contribution is 2.28. The molecule has 0 atom stereocenters. The van der Waals surface area contributed by atoms with Gasteiger partial charge >= 0.3 is 0 Å². The first-order valence-corrected chi connectivity index (χ1v) is 6.29. The summed E-state index contributed by atoms with van der Waals surface area (Å²) in [5.74, 6) is 0. The molecule has 1 saturated carbocycles. The molecular formula is C14H21NO. The first kappa shape index (κ1) is 11.5. The Balaban J connectivity index is 1.86. The van der Waals surface area contributed by atoms with E-state index in [4.69, 9.17) is 4.74 Å². The van der Waals surface area contributed by atoms with Gasteiger partial charge in [-0.25, -0.2) is 0 Å². The highest BCUT2D eigenvalue weighted by Gasteiger charge is 2.29. The minimum atomic E-state index is 0.483. The van der Waals surface area contributed by atoms with Gasteiger partial charge in [-0.3, -0.25) is 0 Å². The first-order chi connectivity index (χ1) is 7.83. The Kier molecular flexibility index (Phi) is 3.83. The van der Waals surface area contributed by atoms with Gasteiger partial charge in [0.25, 0.3) is 0 Å². The van der Waals surface area contributed by atoms with Gasteiger partial charge in [-0.1, -0.05) is 25.1 Å². The minimum Gasteiger partial charge on any atom is -0.382 e. The van der Waals surface area contributed by atoms with E-state index in [-0.39, 0.29) is 0 Å². The molecule has 1 N–H and O–H groups in total. The van der Waals surface area contributed by atoms with Gasteiger partial charge in [0.15, 0.2) is 0 Å². The molecule has 0 heterocycles. The molecule has 1 aromatic rings. The van der Waals surface area contributed by atoms with Crippen LogP contribution in [0.5, 0.6) is 0 Å². The van der Waals surface area contributed by atoms with Crippen molar-refractivity contribution in [3.05, 3.63) is 29.8 Å². The lowest BCUT2D eigenvalue weighted by molar-refractivity contribution is 0.00298. The molecule has 88 valence electrons. The summed E-state index contributed by atoms with van der Waals surface area (Å²) in [7, 11) is 0. The van der Waals surface area contributed by atoms with Crippen LogP contribution in [0.1, 0.15) is 32.3 Å². The van der Waals surface area contributed by atoms with E-state index < -0.39 is 0 Å². The molecule has 0 amide bonds. The molecule has 2 heteroatoms. The van der Waals surface area contributed by atoms with E-state index in [9.17, 15) is 0 Å². The van der Waals surface area contributed by atoms with Gasteiger partial charge in [-0.05, 0) is 37.8 Å². The third-order valence-electron chi connectivity index (χ3n) is 3.26.